The first-order valence-corrected chi connectivity index (χ1v) is 13.4. The summed E-state index contributed by atoms with van der Waals surface area (Å²) in [6.07, 6.45) is -6.03. The molecule has 1 aromatic heterocycles. The number of alkyl halides is 1. The van der Waals surface area contributed by atoms with E-state index < -0.39 is 64.5 Å². The molecule has 7 atom stereocenters. The molecule has 0 aromatic carbocycles. The van der Waals surface area contributed by atoms with Gasteiger partial charge in [0.1, 0.15) is 18.5 Å². The van der Waals surface area contributed by atoms with Crippen LogP contribution in [0.25, 0.3) is 0 Å². The second kappa shape index (κ2) is 9.98. The smallest absolute Gasteiger partial charge is 0.387 e. The summed E-state index contributed by atoms with van der Waals surface area (Å²) in [5.74, 6) is 1.83. The average Bonchev–Trinajstić information content (AvgIpc) is 2.83. The van der Waals surface area contributed by atoms with Crippen molar-refractivity contribution in [2.24, 2.45) is 0 Å². The Balaban J connectivity index is 2.31. The topological polar surface area (TPSA) is 263 Å². The van der Waals surface area contributed by atoms with E-state index >= 15 is 0 Å². The summed E-state index contributed by atoms with van der Waals surface area (Å²) in [5.41, 5.74) is 4.28. The highest BCUT2D eigenvalue weighted by Gasteiger charge is 2.58. The summed E-state index contributed by atoms with van der Waals surface area (Å²) in [7, 11) is -17.0. The predicted octanol–water partition coefficient (Wildman–Crippen LogP) is -0.612. The monoisotopic (exact) mass is 574 g/mol. The van der Waals surface area contributed by atoms with Crippen LogP contribution in [-0.4, -0.2) is 62.4 Å². The molecule has 2 heterocycles. The van der Waals surface area contributed by atoms with E-state index in [9.17, 15) is 33.4 Å². The molecule has 1 aromatic rings. The van der Waals surface area contributed by atoms with Crippen molar-refractivity contribution in [1.29, 1.82) is 0 Å². The molecule has 0 spiro atoms. The van der Waals surface area contributed by atoms with Crippen LogP contribution in [0.3, 0.4) is 0 Å². The lowest BCUT2D eigenvalue weighted by Crippen LogP contribution is -2.45. The first-order valence-electron chi connectivity index (χ1n) is 8.09. The van der Waals surface area contributed by atoms with Gasteiger partial charge in [0.25, 0.3) is 0 Å². The summed E-state index contributed by atoms with van der Waals surface area (Å²) in [5, 5.41) is 12.6. The molecule has 0 amide bonds. The fraction of sp³-hybridized carbons (Fsp3) is 0.545. The van der Waals surface area contributed by atoms with E-state index in [-0.39, 0.29) is 0 Å². The van der Waals surface area contributed by atoms with Crippen LogP contribution in [0.15, 0.2) is 11.1 Å². The number of halogens is 2. The molecular formula is C11H15Cl2N4O13P3. The lowest BCUT2D eigenvalue weighted by Gasteiger charge is -2.26. The number of phosphoric ester groups is 1. The minimum Gasteiger partial charge on any atom is -0.387 e. The van der Waals surface area contributed by atoms with Gasteiger partial charge in [0.15, 0.2) is 11.1 Å². The van der Waals surface area contributed by atoms with E-state index in [1.54, 1.807) is 0 Å². The van der Waals surface area contributed by atoms with Crippen LogP contribution in [0.5, 0.6) is 0 Å². The second-order valence-corrected chi connectivity index (χ2v) is 11.4. The van der Waals surface area contributed by atoms with E-state index in [1.807, 2.05) is 5.38 Å². The summed E-state index contributed by atoms with van der Waals surface area (Å²) in [6, 6.07) is 0. The number of anilines is 1. The first-order chi connectivity index (χ1) is 14.9. The Bertz CT molecular complexity index is 1170. The number of nitrogen functional groups attached to an aromatic ring is 1. The average molecular weight is 575 g/mol. The molecule has 17 nitrogen and oxygen atoms in total. The van der Waals surface area contributed by atoms with Gasteiger partial charge in [-0.25, -0.2) is 23.5 Å². The van der Waals surface area contributed by atoms with Gasteiger partial charge in [0, 0.05) is 5.38 Å². The molecule has 2 rings (SSSR count). The second-order valence-electron chi connectivity index (χ2n) is 6.19. The highest BCUT2D eigenvalue weighted by atomic mass is 35.5. The van der Waals surface area contributed by atoms with Gasteiger partial charge in [-0.3, -0.25) is 9.09 Å². The maximum absolute atomic E-state index is 12.2. The molecule has 33 heavy (non-hydrogen) atoms. The summed E-state index contributed by atoms with van der Waals surface area (Å²) in [4.78, 5) is 53.0. The van der Waals surface area contributed by atoms with Crippen molar-refractivity contribution in [2.75, 3.05) is 5.73 Å². The number of phosphoric acid groups is 3. The van der Waals surface area contributed by atoms with Crippen molar-refractivity contribution in [1.82, 2.24) is 14.5 Å². The van der Waals surface area contributed by atoms with Gasteiger partial charge >= 0.3 is 29.2 Å². The normalized spacial score (nSPS) is 30.0. The van der Waals surface area contributed by atoms with E-state index in [0.29, 0.717) is 4.57 Å². The highest BCUT2D eigenvalue weighted by Crippen LogP contribution is 2.66. The van der Waals surface area contributed by atoms with Gasteiger partial charge in [-0.05, 0) is 18.5 Å². The molecule has 0 aliphatic carbocycles. The van der Waals surface area contributed by atoms with Gasteiger partial charge < -0.3 is 35.2 Å². The quantitative estimate of drug-likeness (QED) is 0.128. The zero-order valence-electron chi connectivity index (χ0n) is 15.9. The number of ether oxygens (including phenoxy) is 1. The van der Waals surface area contributed by atoms with Gasteiger partial charge in [-0.1, -0.05) is 17.5 Å². The third kappa shape index (κ3) is 7.04. The van der Waals surface area contributed by atoms with Gasteiger partial charge in [0.2, 0.25) is 5.95 Å². The maximum atomic E-state index is 12.2. The van der Waals surface area contributed by atoms with Crippen molar-refractivity contribution >= 4 is 52.6 Å². The largest absolute Gasteiger partial charge is 0.490 e. The van der Waals surface area contributed by atoms with Crippen LogP contribution in [-0.2, 0) is 31.6 Å². The van der Waals surface area contributed by atoms with Crippen LogP contribution in [0.1, 0.15) is 13.2 Å². The zero-order valence-corrected chi connectivity index (χ0v) is 20.1. The first kappa shape index (κ1) is 28.3. The molecular weight excluding hydrogens is 560 g/mol. The Morgan fingerprint density at radius 1 is 1.27 bits per heavy atom. The fourth-order valence-corrected chi connectivity index (χ4v) is 6.37. The zero-order chi connectivity index (χ0) is 25.4. The number of hydrogen-bond donors (Lipinski definition) is 6. The van der Waals surface area contributed by atoms with E-state index in [0.717, 1.165) is 13.3 Å². The van der Waals surface area contributed by atoms with Crippen molar-refractivity contribution in [3.63, 3.8) is 0 Å². The Morgan fingerprint density at radius 2 is 1.88 bits per heavy atom. The van der Waals surface area contributed by atoms with E-state index in [2.05, 4.69) is 29.0 Å². The third-order valence-electron chi connectivity index (χ3n) is 3.80. The highest BCUT2D eigenvalue weighted by molar-refractivity contribution is 7.66. The molecule has 22 heteroatoms. The van der Waals surface area contributed by atoms with Gasteiger partial charge in [-0.2, -0.15) is 13.6 Å². The minimum absolute atomic E-state index is 0.393. The summed E-state index contributed by atoms with van der Waals surface area (Å²) < 4.78 is 52.2. The van der Waals surface area contributed by atoms with E-state index in [4.69, 9.17) is 43.5 Å². The maximum Gasteiger partial charge on any atom is 0.490 e. The predicted molar refractivity (Wildman–Crippen MR) is 107 cm³/mol. The lowest BCUT2D eigenvalue weighted by atomic mass is 9.97. The van der Waals surface area contributed by atoms with Crippen LogP contribution in [0.2, 0.25) is 0 Å². The molecule has 3 unspecified atom stereocenters. The lowest BCUT2D eigenvalue weighted by molar-refractivity contribution is -0.0751. The molecule has 1 aliphatic heterocycles. The van der Waals surface area contributed by atoms with Crippen LogP contribution < -0.4 is 11.4 Å². The van der Waals surface area contributed by atoms with Crippen molar-refractivity contribution in [2.45, 2.75) is 36.3 Å². The van der Waals surface area contributed by atoms with Crippen molar-refractivity contribution in [3.05, 3.63) is 16.8 Å². The number of nitrogens with two attached hydrogens (primary N) is 1. The van der Waals surface area contributed by atoms with E-state index in [1.165, 1.54) is 0 Å². The SMILES string of the molecule is C[C@@H](OP(=O)(O)OP(=O)(O)OP(=O)(O)O)[C@H]1O[C@@H](n2cnc(N)nc2=O)C(Cl)(C#CCl)[C@H]1O. The molecule has 0 saturated carbocycles. The van der Waals surface area contributed by atoms with Crippen molar-refractivity contribution < 1.29 is 56.3 Å². The van der Waals surface area contributed by atoms with Crippen molar-refractivity contribution in [3.8, 4) is 11.3 Å². The molecule has 1 fully saturated rings. The van der Waals surface area contributed by atoms with Gasteiger partial charge in [0.05, 0.1) is 6.10 Å². The Labute approximate surface area is 193 Å². The number of aliphatic hydroxyl groups is 1. The molecule has 1 saturated heterocycles. The summed E-state index contributed by atoms with van der Waals surface area (Å²) >= 11 is 11.7. The van der Waals surface area contributed by atoms with Crippen LogP contribution >= 0.6 is 46.7 Å². The molecule has 0 bridgehead atoms. The number of nitrogens with zero attached hydrogens (tertiary/aromatic N) is 3. The molecule has 7 N–H and O–H groups in total. The number of hydrogen-bond acceptors (Lipinski definition) is 12. The van der Waals surface area contributed by atoms with Crippen LogP contribution in [0, 0.1) is 11.3 Å². The fourth-order valence-electron chi connectivity index (χ4n) is 2.64. The summed E-state index contributed by atoms with van der Waals surface area (Å²) in [6.45, 7) is 1.02. The number of aliphatic hydroxyl groups excluding tert-OH is 1. The third-order valence-corrected chi connectivity index (χ3v) is 8.33. The standard InChI is InChI=1S/C11H15Cl2N4O13P3/c1-5(28-32(23,24)30-33(25,26)29-31(20,21)22)6-7(18)11(13,2-3-12)8(27-6)17-4-15-9(14)16-10(17)19/h4-8,18H,1H3,(H,23,24)(H,25,26)(H2,14,16,19)(H2,20,21,22)/t5-,6-,7+,8-,11?/m1/s1. The molecule has 1 aliphatic rings. The molecule has 186 valence electrons. The van der Waals surface area contributed by atoms with Gasteiger partial charge in [-0.15, -0.1) is 0 Å². The number of aromatic nitrogens is 3. The minimum atomic E-state index is -5.79. The van der Waals surface area contributed by atoms with Crippen LogP contribution in [0.4, 0.5) is 5.95 Å². The Kier molecular flexibility index (Phi) is 8.56. The number of rotatable bonds is 8. The molecule has 0 radical (unpaired) electrons. The Hall–Kier alpha value is -0.920. The Morgan fingerprint density at radius 3 is 2.39 bits per heavy atom.